The van der Waals surface area contributed by atoms with Crippen LogP contribution in [0.15, 0.2) is 40.8 Å². The number of aromatic nitrogens is 1. The van der Waals surface area contributed by atoms with Gasteiger partial charge in [0.2, 0.25) is 5.89 Å². The summed E-state index contributed by atoms with van der Waals surface area (Å²) < 4.78 is 42.7. The number of rotatable bonds is 2. The van der Waals surface area contributed by atoms with Gasteiger partial charge in [-0.2, -0.15) is 13.2 Å². The van der Waals surface area contributed by atoms with Crippen LogP contribution in [0.25, 0.3) is 22.6 Å². The van der Waals surface area contributed by atoms with E-state index < -0.39 is 12.1 Å². The van der Waals surface area contributed by atoms with Gasteiger partial charge in [0.15, 0.2) is 5.58 Å². The van der Waals surface area contributed by atoms with Gasteiger partial charge in [-0.05, 0) is 42.8 Å². The molecule has 1 heterocycles. The highest BCUT2D eigenvalue weighted by atomic mass is 35.5. The number of anilines is 1. The number of carbonyl (C=O) groups excluding carboxylic acids is 1. The molecule has 0 saturated heterocycles. The zero-order valence-corrected chi connectivity index (χ0v) is 13.0. The van der Waals surface area contributed by atoms with Crippen molar-refractivity contribution in [3.8, 4) is 11.5 Å². The lowest BCUT2D eigenvalue weighted by Gasteiger charge is -2.08. The molecule has 0 radical (unpaired) electrons. The zero-order chi connectivity index (χ0) is 17.5. The van der Waals surface area contributed by atoms with E-state index in [4.69, 9.17) is 16.0 Å². The van der Waals surface area contributed by atoms with Crippen LogP contribution in [0.1, 0.15) is 5.56 Å². The van der Waals surface area contributed by atoms with Gasteiger partial charge >= 0.3 is 12.1 Å². The molecule has 0 spiro atoms. The van der Waals surface area contributed by atoms with Crippen molar-refractivity contribution in [2.24, 2.45) is 0 Å². The van der Waals surface area contributed by atoms with Crippen LogP contribution in [0.4, 0.5) is 18.9 Å². The van der Waals surface area contributed by atoms with Gasteiger partial charge in [0, 0.05) is 16.3 Å². The number of nitrogens with one attached hydrogen (secondary N) is 1. The van der Waals surface area contributed by atoms with Crippen LogP contribution in [-0.4, -0.2) is 17.1 Å². The van der Waals surface area contributed by atoms with E-state index in [1.54, 1.807) is 36.5 Å². The molecule has 3 rings (SSSR count). The molecule has 0 unspecified atom stereocenters. The molecule has 1 amide bonds. The van der Waals surface area contributed by atoms with Crippen molar-refractivity contribution in [1.82, 2.24) is 4.98 Å². The van der Waals surface area contributed by atoms with Crippen molar-refractivity contribution < 1.29 is 22.4 Å². The molecule has 3 aromatic rings. The van der Waals surface area contributed by atoms with Crippen molar-refractivity contribution in [3.63, 3.8) is 0 Å². The van der Waals surface area contributed by atoms with Gasteiger partial charge in [0.1, 0.15) is 5.52 Å². The molecular formula is C16H10ClF3N2O2. The SMILES string of the molecule is Cc1cc(NC(=O)C(F)(F)F)cc2nc(-c3cccc(Cl)c3)oc12. The van der Waals surface area contributed by atoms with Gasteiger partial charge < -0.3 is 9.73 Å². The summed E-state index contributed by atoms with van der Waals surface area (Å²) in [5.74, 6) is -1.75. The highest BCUT2D eigenvalue weighted by Gasteiger charge is 2.38. The Labute approximate surface area is 139 Å². The lowest BCUT2D eigenvalue weighted by Crippen LogP contribution is -2.29. The van der Waals surface area contributed by atoms with Crippen molar-refractivity contribution in [2.45, 2.75) is 13.1 Å². The Morgan fingerprint density at radius 1 is 1.25 bits per heavy atom. The first-order chi connectivity index (χ1) is 11.2. The van der Waals surface area contributed by atoms with Gasteiger partial charge in [0.05, 0.1) is 0 Å². The molecule has 0 aliphatic rings. The number of alkyl halides is 3. The topological polar surface area (TPSA) is 55.1 Å². The monoisotopic (exact) mass is 354 g/mol. The minimum Gasteiger partial charge on any atom is -0.436 e. The Kier molecular flexibility index (Phi) is 3.96. The van der Waals surface area contributed by atoms with Crippen LogP contribution in [0, 0.1) is 6.92 Å². The zero-order valence-electron chi connectivity index (χ0n) is 12.2. The third kappa shape index (κ3) is 3.21. The summed E-state index contributed by atoms with van der Waals surface area (Å²) in [6, 6.07) is 9.55. The summed E-state index contributed by atoms with van der Waals surface area (Å²) in [5.41, 5.74) is 1.94. The number of halogens is 4. The van der Waals surface area contributed by atoms with E-state index in [0.29, 0.717) is 27.2 Å². The van der Waals surface area contributed by atoms with Crippen LogP contribution in [0.3, 0.4) is 0 Å². The number of amides is 1. The Balaban J connectivity index is 2.01. The molecule has 0 atom stereocenters. The number of carbonyl (C=O) groups is 1. The molecule has 124 valence electrons. The van der Waals surface area contributed by atoms with Crippen LogP contribution in [-0.2, 0) is 4.79 Å². The first-order valence-electron chi connectivity index (χ1n) is 6.79. The van der Waals surface area contributed by atoms with Crippen molar-refractivity contribution in [2.75, 3.05) is 5.32 Å². The fourth-order valence-corrected chi connectivity index (χ4v) is 2.41. The molecule has 0 bridgehead atoms. The summed E-state index contributed by atoms with van der Waals surface area (Å²) in [5, 5.41) is 2.31. The van der Waals surface area contributed by atoms with Crippen LogP contribution >= 0.6 is 11.6 Å². The maximum atomic E-state index is 12.4. The molecule has 0 aliphatic carbocycles. The molecule has 0 aliphatic heterocycles. The van der Waals surface area contributed by atoms with Gasteiger partial charge in [-0.25, -0.2) is 4.98 Å². The normalized spacial score (nSPS) is 11.7. The molecule has 1 N–H and O–H groups in total. The number of benzene rings is 2. The van der Waals surface area contributed by atoms with Crippen molar-refractivity contribution >= 4 is 34.3 Å². The summed E-state index contributed by atoms with van der Waals surface area (Å²) in [4.78, 5) is 15.3. The van der Waals surface area contributed by atoms with Crippen LogP contribution in [0.5, 0.6) is 0 Å². The fourth-order valence-electron chi connectivity index (χ4n) is 2.22. The predicted molar refractivity (Wildman–Crippen MR) is 83.9 cm³/mol. The quantitative estimate of drug-likeness (QED) is 0.707. The number of oxazole rings is 1. The van der Waals surface area contributed by atoms with E-state index in [1.807, 2.05) is 0 Å². The van der Waals surface area contributed by atoms with Crippen molar-refractivity contribution in [1.29, 1.82) is 0 Å². The third-order valence-corrected chi connectivity index (χ3v) is 3.50. The first-order valence-corrected chi connectivity index (χ1v) is 7.17. The van der Waals surface area contributed by atoms with Gasteiger partial charge in [-0.15, -0.1) is 0 Å². The second kappa shape index (κ2) is 5.83. The number of hydrogen-bond acceptors (Lipinski definition) is 3. The molecule has 4 nitrogen and oxygen atoms in total. The van der Waals surface area contributed by atoms with Crippen LogP contribution < -0.4 is 5.32 Å². The molecule has 1 aromatic heterocycles. The number of nitrogens with zero attached hydrogens (tertiary/aromatic N) is 1. The first kappa shape index (κ1) is 16.3. The van der Waals surface area contributed by atoms with Gasteiger partial charge in [-0.3, -0.25) is 4.79 Å². The Hall–Kier alpha value is -2.54. The summed E-state index contributed by atoms with van der Waals surface area (Å²) in [7, 11) is 0. The Morgan fingerprint density at radius 3 is 2.67 bits per heavy atom. The molecule has 2 aromatic carbocycles. The Bertz CT molecular complexity index is 935. The predicted octanol–water partition coefficient (Wildman–Crippen LogP) is 4.96. The standard InChI is InChI=1S/C16H10ClF3N2O2/c1-8-5-11(21-15(23)16(18,19)20)7-12-13(8)24-14(22-12)9-3-2-4-10(17)6-9/h2-7H,1H3,(H,21,23). The van der Waals surface area contributed by atoms with Gasteiger partial charge in [0.25, 0.3) is 0 Å². The largest absolute Gasteiger partial charge is 0.471 e. The number of hydrogen-bond donors (Lipinski definition) is 1. The Morgan fingerprint density at radius 2 is 2.00 bits per heavy atom. The van der Waals surface area contributed by atoms with E-state index in [1.165, 1.54) is 12.1 Å². The number of fused-ring (bicyclic) bond motifs is 1. The average Bonchev–Trinajstić information content (AvgIpc) is 2.91. The maximum absolute atomic E-state index is 12.4. The van der Waals surface area contributed by atoms with E-state index in [-0.39, 0.29) is 11.6 Å². The highest BCUT2D eigenvalue weighted by Crippen LogP contribution is 2.30. The second-order valence-corrected chi connectivity index (χ2v) is 5.56. The minimum absolute atomic E-state index is 0.00623. The lowest BCUT2D eigenvalue weighted by atomic mass is 10.2. The van der Waals surface area contributed by atoms with Crippen LogP contribution in [0.2, 0.25) is 5.02 Å². The summed E-state index contributed by atoms with van der Waals surface area (Å²) >= 11 is 5.93. The van der Waals surface area contributed by atoms with E-state index in [9.17, 15) is 18.0 Å². The number of aryl methyl sites for hydroxylation is 1. The highest BCUT2D eigenvalue weighted by molar-refractivity contribution is 6.30. The van der Waals surface area contributed by atoms with Crippen molar-refractivity contribution in [3.05, 3.63) is 47.0 Å². The fraction of sp³-hybridized carbons (Fsp3) is 0.125. The molecule has 0 saturated carbocycles. The van der Waals surface area contributed by atoms with E-state index in [0.717, 1.165) is 0 Å². The third-order valence-electron chi connectivity index (χ3n) is 3.26. The summed E-state index contributed by atoms with van der Waals surface area (Å²) in [6.07, 6.45) is -4.96. The smallest absolute Gasteiger partial charge is 0.436 e. The minimum atomic E-state index is -4.96. The van der Waals surface area contributed by atoms with E-state index in [2.05, 4.69) is 4.98 Å². The molecular weight excluding hydrogens is 345 g/mol. The summed E-state index contributed by atoms with van der Waals surface area (Å²) in [6.45, 7) is 1.65. The van der Waals surface area contributed by atoms with E-state index >= 15 is 0 Å². The molecule has 0 fully saturated rings. The average molecular weight is 355 g/mol. The maximum Gasteiger partial charge on any atom is 0.471 e. The lowest BCUT2D eigenvalue weighted by molar-refractivity contribution is -0.167. The molecule has 24 heavy (non-hydrogen) atoms. The molecule has 8 heteroatoms. The second-order valence-electron chi connectivity index (χ2n) is 5.12. The van der Waals surface area contributed by atoms with Gasteiger partial charge in [-0.1, -0.05) is 17.7 Å².